The molecule has 1 spiro atoms. The first kappa shape index (κ1) is 25.0. The number of hydrogen-bond donors (Lipinski definition) is 2. The summed E-state index contributed by atoms with van der Waals surface area (Å²) in [6, 6.07) is 1.80. The fourth-order valence-electron chi connectivity index (χ4n) is 4.92. The van der Waals surface area contributed by atoms with Crippen LogP contribution in [0.1, 0.15) is 60.8 Å². The molecule has 0 aromatic carbocycles. The van der Waals surface area contributed by atoms with Gasteiger partial charge in [-0.2, -0.15) is 13.8 Å². The zero-order valence-corrected chi connectivity index (χ0v) is 20.2. The molecule has 2 heterocycles. The number of aryl methyl sites for hydroxylation is 1. The van der Waals surface area contributed by atoms with Crippen LogP contribution in [0, 0.1) is 30.2 Å². The van der Waals surface area contributed by atoms with Gasteiger partial charge in [0, 0.05) is 23.1 Å². The normalized spacial score (nSPS) is 19.1. The number of hydrogen-bond acceptors (Lipinski definition) is 7. The molecule has 0 saturated heterocycles. The van der Waals surface area contributed by atoms with Gasteiger partial charge in [-0.25, -0.2) is 9.78 Å². The first-order chi connectivity index (χ1) is 16.6. The Hall–Kier alpha value is -3.15. The molecular weight excluding hydrogens is 482 g/mol. The van der Waals surface area contributed by atoms with Crippen LogP contribution in [-0.2, 0) is 9.53 Å². The molecule has 2 unspecified atom stereocenters. The summed E-state index contributed by atoms with van der Waals surface area (Å²) in [5.41, 5.74) is 0.106. The topological polar surface area (TPSA) is 122 Å². The van der Waals surface area contributed by atoms with E-state index in [-0.39, 0.29) is 33.9 Å². The molecular formula is C23H26F2N4O5S. The highest BCUT2D eigenvalue weighted by atomic mass is 32.1. The lowest BCUT2D eigenvalue weighted by Crippen LogP contribution is -2.54. The molecule has 0 radical (unpaired) electrons. The number of aromatic nitrogens is 2. The van der Waals surface area contributed by atoms with E-state index >= 15 is 0 Å². The van der Waals surface area contributed by atoms with Gasteiger partial charge in [-0.05, 0) is 38.0 Å². The van der Waals surface area contributed by atoms with Gasteiger partial charge in [0.2, 0.25) is 17.8 Å². The Morgan fingerprint density at radius 3 is 2.46 bits per heavy atom. The van der Waals surface area contributed by atoms with Crippen molar-refractivity contribution in [3.8, 4) is 0 Å². The Balaban J connectivity index is 1.62. The van der Waals surface area contributed by atoms with Crippen LogP contribution >= 0.6 is 11.3 Å². The molecule has 35 heavy (non-hydrogen) atoms. The third-order valence-electron chi connectivity index (χ3n) is 6.87. The molecule has 12 heteroatoms. The summed E-state index contributed by atoms with van der Waals surface area (Å²) >= 11 is 1.01. The number of pyridine rings is 1. The minimum absolute atomic E-state index is 0.0222. The fraction of sp³-hybridized carbons (Fsp3) is 0.522. The quantitative estimate of drug-likeness (QED) is 0.415. The highest BCUT2D eigenvalue weighted by Gasteiger charge is 2.49. The summed E-state index contributed by atoms with van der Waals surface area (Å²) in [7, 11) is 0. The molecule has 188 valence electrons. The van der Waals surface area contributed by atoms with Gasteiger partial charge >= 0.3 is 6.16 Å². The van der Waals surface area contributed by atoms with Crippen molar-refractivity contribution >= 4 is 40.1 Å². The highest BCUT2D eigenvalue weighted by molar-refractivity contribution is 7.16. The molecule has 2 saturated carbocycles. The number of anilines is 2. The van der Waals surface area contributed by atoms with Crippen molar-refractivity contribution < 1.29 is 33.0 Å². The molecule has 4 rings (SSSR count). The van der Waals surface area contributed by atoms with E-state index in [1.54, 1.807) is 6.92 Å². The summed E-state index contributed by atoms with van der Waals surface area (Å²) in [5.74, 6) is -4.36. The van der Waals surface area contributed by atoms with E-state index in [0.717, 1.165) is 66.9 Å². The van der Waals surface area contributed by atoms with Gasteiger partial charge < -0.3 is 15.2 Å². The minimum Gasteiger partial charge on any atom is -0.450 e. The van der Waals surface area contributed by atoms with Gasteiger partial charge in [0.25, 0.3) is 5.91 Å². The van der Waals surface area contributed by atoms with Crippen LogP contribution in [0.2, 0.25) is 0 Å². The van der Waals surface area contributed by atoms with Crippen molar-refractivity contribution in [2.45, 2.75) is 58.4 Å². The van der Waals surface area contributed by atoms with E-state index in [1.807, 2.05) is 0 Å². The molecule has 2 aliphatic rings. The molecule has 0 aliphatic heterocycles. The number of carbonyl (C=O) groups excluding carboxylic acids is 2. The highest BCUT2D eigenvalue weighted by Crippen LogP contribution is 2.53. The number of rotatable bonds is 7. The maximum Gasteiger partial charge on any atom is 0.505 e. The summed E-state index contributed by atoms with van der Waals surface area (Å²) < 4.78 is 32.3. The number of thiazole rings is 1. The lowest BCUT2D eigenvalue weighted by atomic mass is 9.63. The summed E-state index contributed by atoms with van der Waals surface area (Å²) in [6.45, 7) is 2.62. The van der Waals surface area contributed by atoms with E-state index in [1.165, 1.54) is 6.92 Å². The van der Waals surface area contributed by atoms with Crippen LogP contribution < -0.4 is 10.2 Å². The number of amides is 2. The molecule has 9 nitrogen and oxygen atoms in total. The van der Waals surface area contributed by atoms with Crippen LogP contribution in [0.5, 0.6) is 0 Å². The standard InChI is InChI=1S/C23H26F2N4O5S/c1-12(11-34-22(32)33)20(31)29(14-9-16(24)27-17(25)10-14)21-28-18(13(2)35-21)19(30)26-15-5-8-23(15)6-3-4-7-23/h9-10,12,15H,3-8,11H2,1-2H3,(H,26,30)(H,32,33). The average molecular weight is 509 g/mol. The van der Waals surface area contributed by atoms with Crippen molar-refractivity contribution in [1.29, 1.82) is 0 Å². The third-order valence-corrected chi connectivity index (χ3v) is 7.83. The summed E-state index contributed by atoms with van der Waals surface area (Å²) in [5, 5.41) is 11.9. The Bertz CT molecular complexity index is 1130. The first-order valence-electron chi connectivity index (χ1n) is 11.4. The maximum absolute atomic E-state index is 13.9. The lowest BCUT2D eigenvalue weighted by molar-refractivity contribution is -0.122. The Morgan fingerprint density at radius 2 is 1.89 bits per heavy atom. The second-order valence-corrected chi connectivity index (χ2v) is 10.3. The molecule has 2 aromatic rings. The van der Waals surface area contributed by atoms with Gasteiger partial charge in [0.05, 0.1) is 11.6 Å². The number of carbonyl (C=O) groups is 3. The SMILES string of the molecule is Cc1sc(N(C(=O)C(C)COC(=O)O)c2cc(F)nc(F)c2)nc1C(=O)NC1CCC12CCCC2. The molecule has 2 aliphatic carbocycles. The predicted octanol–water partition coefficient (Wildman–Crippen LogP) is 4.57. The number of nitrogens with zero attached hydrogens (tertiary/aromatic N) is 3. The summed E-state index contributed by atoms with van der Waals surface area (Å²) in [6.07, 6.45) is 4.95. The van der Waals surface area contributed by atoms with Gasteiger partial charge in [0.1, 0.15) is 12.3 Å². The smallest absolute Gasteiger partial charge is 0.450 e. The Labute approximate surface area is 204 Å². The number of ether oxygens (including phenoxy) is 1. The Morgan fingerprint density at radius 1 is 1.23 bits per heavy atom. The van der Waals surface area contributed by atoms with E-state index in [0.29, 0.717) is 4.88 Å². The monoisotopic (exact) mass is 508 g/mol. The largest absolute Gasteiger partial charge is 0.505 e. The second kappa shape index (κ2) is 9.84. The summed E-state index contributed by atoms with van der Waals surface area (Å²) in [4.78, 5) is 46.0. The minimum atomic E-state index is -1.56. The number of carboxylic acid groups (broad SMARTS) is 1. The second-order valence-electron chi connectivity index (χ2n) is 9.16. The van der Waals surface area contributed by atoms with E-state index in [9.17, 15) is 23.2 Å². The zero-order valence-electron chi connectivity index (χ0n) is 19.3. The predicted molar refractivity (Wildman–Crippen MR) is 123 cm³/mol. The fourth-order valence-corrected chi connectivity index (χ4v) is 5.85. The molecule has 2 N–H and O–H groups in total. The van der Waals surface area contributed by atoms with E-state index < -0.39 is 36.5 Å². The molecule has 2 atom stereocenters. The van der Waals surface area contributed by atoms with E-state index in [4.69, 9.17) is 5.11 Å². The van der Waals surface area contributed by atoms with Gasteiger partial charge in [-0.3, -0.25) is 14.5 Å². The van der Waals surface area contributed by atoms with Crippen LogP contribution in [-0.4, -0.2) is 45.7 Å². The van der Waals surface area contributed by atoms with Crippen LogP contribution in [0.3, 0.4) is 0 Å². The van der Waals surface area contributed by atoms with Gasteiger partial charge in [-0.1, -0.05) is 19.8 Å². The van der Waals surface area contributed by atoms with Crippen LogP contribution in [0.15, 0.2) is 12.1 Å². The zero-order chi connectivity index (χ0) is 25.3. The van der Waals surface area contributed by atoms with Crippen molar-refractivity contribution in [2.75, 3.05) is 11.5 Å². The van der Waals surface area contributed by atoms with Crippen molar-refractivity contribution in [3.05, 3.63) is 34.6 Å². The third kappa shape index (κ3) is 5.12. The molecule has 2 aromatic heterocycles. The maximum atomic E-state index is 13.9. The van der Waals surface area contributed by atoms with Gasteiger partial charge in [0.15, 0.2) is 5.13 Å². The van der Waals surface area contributed by atoms with Crippen molar-refractivity contribution in [3.63, 3.8) is 0 Å². The number of halogens is 2. The number of nitrogens with one attached hydrogen (secondary N) is 1. The molecule has 2 amide bonds. The van der Waals surface area contributed by atoms with Crippen LogP contribution in [0.25, 0.3) is 0 Å². The van der Waals surface area contributed by atoms with Crippen molar-refractivity contribution in [2.24, 2.45) is 11.3 Å². The lowest BCUT2D eigenvalue weighted by Gasteiger charge is -2.47. The van der Waals surface area contributed by atoms with E-state index in [2.05, 4.69) is 20.0 Å². The van der Waals surface area contributed by atoms with Crippen molar-refractivity contribution in [1.82, 2.24) is 15.3 Å². The Kier molecular flexibility index (Phi) is 7.02. The van der Waals surface area contributed by atoms with Crippen LogP contribution in [0.4, 0.5) is 24.4 Å². The average Bonchev–Trinajstić information content (AvgIpc) is 3.43. The molecule has 2 fully saturated rings. The molecule has 0 bridgehead atoms. The first-order valence-corrected chi connectivity index (χ1v) is 12.2. The van der Waals surface area contributed by atoms with Gasteiger partial charge in [-0.15, -0.1) is 11.3 Å².